The third kappa shape index (κ3) is 4.00. The number of anilines is 1. The zero-order valence-electron chi connectivity index (χ0n) is 14.1. The topological polar surface area (TPSA) is 130 Å². The molecule has 0 atom stereocenters. The molecular formula is C17H14N4O6. The largest absolute Gasteiger partial charge is 0.461 e. The van der Waals surface area contributed by atoms with Crippen LogP contribution in [-0.2, 0) is 4.74 Å². The number of rotatable bonds is 6. The first kappa shape index (κ1) is 17.9. The van der Waals surface area contributed by atoms with E-state index in [2.05, 4.69) is 10.4 Å². The first-order valence-corrected chi connectivity index (χ1v) is 7.86. The first-order valence-electron chi connectivity index (χ1n) is 7.86. The van der Waals surface area contributed by atoms with Crippen molar-refractivity contribution in [1.29, 1.82) is 0 Å². The Balaban J connectivity index is 1.69. The maximum atomic E-state index is 12.0. The van der Waals surface area contributed by atoms with Crippen LogP contribution in [0.25, 0.3) is 5.69 Å². The van der Waals surface area contributed by atoms with Crippen LogP contribution in [0, 0.1) is 10.1 Å². The van der Waals surface area contributed by atoms with E-state index in [1.165, 1.54) is 16.8 Å². The fraction of sp³-hybridized carbons (Fsp3) is 0.118. The summed E-state index contributed by atoms with van der Waals surface area (Å²) in [5.41, 5.74) is 1.31. The molecule has 2 aromatic heterocycles. The van der Waals surface area contributed by atoms with Crippen LogP contribution in [0.4, 0.5) is 11.6 Å². The van der Waals surface area contributed by atoms with Crippen molar-refractivity contribution in [3.05, 3.63) is 70.2 Å². The van der Waals surface area contributed by atoms with Gasteiger partial charge in [-0.15, -0.1) is 0 Å². The van der Waals surface area contributed by atoms with E-state index < -0.39 is 22.7 Å². The summed E-state index contributed by atoms with van der Waals surface area (Å²) in [5.74, 6) is -1.80. The summed E-state index contributed by atoms with van der Waals surface area (Å²) in [6.07, 6.45) is 1.61. The van der Waals surface area contributed by atoms with E-state index in [-0.39, 0.29) is 18.1 Å². The summed E-state index contributed by atoms with van der Waals surface area (Å²) >= 11 is 0. The highest BCUT2D eigenvalue weighted by Gasteiger charge is 2.17. The number of esters is 1. The summed E-state index contributed by atoms with van der Waals surface area (Å²) in [4.78, 5) is 33.6. The molecule has 10 heteroatoms. The van der Waals surface area contributed by atoms with E-state index in [1.807, 2.05) is 0 Å². The van der Waals surface area contributed by atoms with E-state index in [9.17, 15) is 19.7 Å². The predicted octanol–water partition coefficient (Wildman–Crippen LogP) is 2.80. The number of amides is 1. The molecule has 0 bridgehead atoms. The molecule has 1 aromatic carbocycles. The Bertz CT molecular complexity index is 989. The molecule has 0 aliphatic carbocycles. The van der Waals surface area contributed by atoms with Crippen molar-refractivity contribution >= 4 is 23.4 Å². The lowest BCUT2D eigenvalue weighted by molar-refractivity contribution is -0.402. The SMILES string of the molecule is CCOC(=O)c1ccn(-c2ccc(NC(=O)c3ccc([N+](=O)[O-])o3)cc2)n1. The van der Waals surface area contributed by atoms with Crippen LogP contribution in [0.15, 0.2) is 53.1 Å². The van der Waals surface area contributed by atoms with Crippen molar-refractivity contribution in [3.8, 4) is 5.69 Å². The number of hydrogen-bond donors (Lipinski definition) is 1. The second-order valence-electron chi connectivity index (χ2n) is 5.26. The van der Waals surface area contributed by atoms with Gasteiger partial charge in [-0.3, -0.25) is 14.9 Å². The van der Waals surface area contributed by atoms with Crippen molar-refractivity contribution < 1.29 is 23.7 Å². The highest BCUT2D eigenvalue weighted by atomic mass is 16.6. The van der Waals surface area contributed by atoms with Crippen molar-refractivity contribution in [3.63, 3.8) is 0 Å². The van der Waals surface area contributed by atoms with Gasteiger partial charge in [0.2, 0.25) is 0 Å². The summed E-state index contributed by atoms with van der Waals surface area (Å²) < 4.78 is 11.2. The third-order valence-electron chi connectivity index (χ3n) is 3.46. The quantitative estimate of drug-likeness (QED) is 0.401. The van der Waals surface area contributed by atoms with Crippen LogP contribution in [0.3, 0.4) is 0 Å². The van der Waals surface area contributed by atoms with E-state index in [4.69, 9.17) is 9.15 Å². The maximum absolute atomic E-state index is 12.0. The molecule has 0 unspecified atom stereocenters. The molecular weight excluding hydrogens is 356 g/mol. The summed E-state index contributed by atoms with van der Waals surface area (Å²) in [7, 11) is 0. The van der Waals surface area contributed by atoms with Crippen LogP contribution in [-0.4, -0.2) is 33.2 Å². The average molecular weight is 370 g/mol. The molecule has 0 aliphatic heterocycles. The number of ether oxygens (including phenoxy) is 1. The lowest BCUT2D eigenvalue weighted by atomic mass is 10.2. The van der Waals surface area contributed by atoms with Gasteiger partial charge < -0.3 is 14.5 Å². The zero-order chi connectivity index (χ0) is 19.4. The van der Waals surface area contributed by atoms with Crippen LogP contribution in [0.5, 0.6) is 0 Å². The maximum Gasteiger partial charge on any atom is 0.433 e. The molecule has 3 aromatic rings. The molecule has 3 rings (SSSR count). The number of carbonyl (C=O) groups is 2. The molecule has 138 valence electrons. The Morgan fingerprint density at radius 3 is 2.59 bits per heavy atom. The Kier molecular flexibility index (Phi) is 4.97. The number of nitrogens with one attached hydrogen (secondary N) is 1. The van der Waals surface area contributed by atoms with Gasteiger partial charge in [0, 0.05) is 11.9 Å². The summed E-state index contributed by atoms with van der Waals surface area (Å²) in [6.45, 7) is 1.97. The van der Waals surface area contributed by atoms with E-state index in [0.717, 1.165) is 6.07 Å². The van der Waals surface area contributed by atoms with Crippen molar-refractivity contribution in [2.75, 3.05) is 11.9 Å². The van der Waals surface area contributed by atoms with E-state index in [0.29, 0.717) is 11.4 Å². The number of hydrogen-bond acceptors (Lipinski definition) is 7. The number of nitrogens with zero attached hydrogens (tertiary/aromatic N) is 3. The molecule has 0 radical (unpaired) electrons. The number of carbonyl (C=O) groups excluding carboxylic acids is 2. The average Bonchev–Trinajstić information content (AvgIpc) is 3.33. The third-order valence-corrected chi connectivity index (χ3v) is 3.46. The van der Waals surface area contributed by atoms with E-state index >= 15 is 0 Å². The monoisotopic (exact) mass is 370 g/mol. The normalized spacial score (nSPS) is 10.4. The standard InChI is InChI=1S/C17H14N4O6/c1-2-26-17(23)13-9-10-20(19-13)12-5-3-11(4-6-12)18-16(22)14-7-8-15(27-14)21(24)25/h3-10H,2H2,1H3,(H,18,22). The molecule has 0 aliphatic rings. The molecule has 27 heavy (non-hydrogen) atoms. The van der Waals surface area contributed by atoms with Crippen LogP contribution >= 0.6 is 0 Å². The van der Waals surface area contributed by atoms with Gasteiger partial charge in [0.1, 0.15) is 4.92 Å². The minimum atomic E-state index is -0.722. The minimum Gasteiger partial charge on any atom is -0.461 e. The van der Waals surface area contributed by atoms with Crippen LogP contribution < -0.4 is 5.32 Å². The minimum absolute atomic E-state index is 0.170. The van der Waals surface area contributed by atoms with Gasteiger partial charge in [0.15, 0.2) is 11.5 Å². The van der Waals surface area contributed by atoms with E-state index in [1.54, 1.807) is 37.4 Å². The van der Waals surface area contributed by atoms with Crippen LogP contribution in [0.1, 0.15) is 28.0 Å². The highest BCUT2D eigenvalue weighted by Crippen LogP contribution is 2.18. The van der Waals surface area contributed by atoms with Gasteiger partial charge in [-0.1, -0.05) is 0 Å². The zero-order valence-corrected chi connectivity index (χ0v) is 14.1. The fourth-order valence-electron chi connectivity index (χ4n) is 2.22. The number of benzene rings is 1. The first-order chi connectivity index (χ1) is 13.0. The molecule has 0 saturated heterocycles. The summed E-state index contributed by atoms with van der Waals surface area (Å²) in [5, 5.41) is 17.3. The fourth-order valence-corrected chi connectivity index (χ4v) is 2.22. The number of aromatic nitrogens is 2. The lowest BCUT2D eigenvalue weighted by Crippen LogP contribution is -2.11. The number of furan rings is 1. The second-order valence-corrected chi connectivity index (χ2v) is 5.26. The predicted molar refractivity (Wildman–Crippen MR) is 92.8 cm³/mol. The van der Waals surface area contributed by atoms with Gasteiger partial charge in [0.25, 0.3) is 5.91 Å². The molecule has 0 fully saturated rings. The van der Waals surface area contributed by atoms with Crippen LogP contribution in [0.2, 0.25) is 0 Å². The smallest absolute Gasteiger partial charge is 0.433 e. The molecule has 0 saturated carbocycles. The second kappa shape index (κ2) is 7.52. The Hall–Kier alpha value is -3.95. The highest BCUT2D eigenvalue weighted by molar-refractivity contribution is 6.02. The number of nitro groups is 1. The molecule has 0 spiro atoms. The van der Waals surface area contributed by atoms with Crippen molar-refractivity contribution in [1.82, 2.24) is 9.78 Å². The van der Waals surface area contributed by atoms with Gasteiger partial charge in [0.05, 0.1) is 18.4 Å². The Labute approximate surface area is 152 Å². The van der Waals surface area contributed by atoms with Crippen molar-refractivity contribution in [2.45, 2.75) is 6.92 Å². The summed E-state index contributed by atoms with van der Waals surface area (Å²) in [6, 6.07) is 10.5. The molecule has 1 N–H and O–H groups in total. The van der Waals surface area contributed by atoms with Gasteiger partial charge in [-0.2, -0.15) is 5.10 Å². The Morgan fingerprint density at radius 2 is 1.96 bits per heavy atom. The van der Waals surface area contributed by atoms with Crippen molar-refractivity contribution in [2.24, 2.45) is 0 Å². The van der Waals surface area contributed by atoms with Gasteiger partial charge in [-0.25, -0.2) is 9.48 Å². The Morgan fingerprint density at radius 1 is 1.22 bits per heavy atom. The van der Waals surface area contributed by atoms with Gasteiger partial charge in [-0.05, 0) is 43.3 Å². The molecule has 10 nitrogen and oxygen atoms in total. The molecule has 2 heterocycles. The lowest BCUT2D eigenvalue weighted by Gasteiger charge is -2.05. The van der Waals surface area contributed by atoms with Gasteiger partial charge >= 0.3 is 11.9 Å². The molecule has 1 amide bonds.